The van der Waals surface area contributed by atoms with Crippen molar-refractivity contribution in [2.75, 3.05) is 0 Å². The zero-order chi connectivity index (χ0) is 15.4. The fourth-order valence-electron chi connectivity index (χ4n) is 3.39. The van der Waals surface area contributed by atoms with Gasteiger partial charge in [-0.05, 0) is 51.9 Å². The molecular formula is C21H13NO. The first-order chi connectivity index (χ1) is 11.3. The Hall–Kier alpha value is -3.13. The van der Waals surface area contributed by atoms with Gasteiger partial charge in [0.05, 0.1) is 11.0 Å². The summed E-state index contributed by atoms with van der Waals surface area (Å²) in [6.45, 7) is 0. The van der Waals surface area contributed by atoms with Crippen LogP contribution in [0.15, 0.2) is 72.8 Å². The van der Waals surface area contributed by atoms with Gasteiger partial charge in [-0.1, -0.05) is 42.5 Å². The summed E-state index contributed by atoms with van der Waals surface area (Å²) >= 11 is 0. The van der Waals surface area contributed by atoms with E-state index in [1.165, 1.54) is 10.8 Å². The fourth-order valence-corrected chi connectivity index (χ4v) is 3.39. The molecule has 0 spiro atoms. The minimum Gasteiger partial charge on any atom is -0.508 e. The highest BCUT2D eigenvalue weighted by atomic mass is 16.3. The molecule has 0 aliphatic rings. The highest BCUT2D eigenvalue weighted by molar-refractivity contribution is 6.15. The van der Waals surface area contributed by atoms with Crippen LogP contribution in [0.1, 0.15) is 0 Å². The lowest BCUT2D eigenvalue weighted by Crippen LogP contribution is -1.85. The van der Waals surface area contributed by atoms with Gasteiger partial charge in [-0.3, -0.25) is 0 Å². The fraction of sp³-hybridized carbons (Fsp3) is 0. The van der Waals surface area contributed by atoms with Crippen LogP contribution in [0.5, 0.6) is 5.75 Å². The molecule has 0 aliphatic carbocycles. The summed E-state index contributed by atoms with van der Waals surface area (Å²) in [5.74, 6) is 0.288. The van der Waals surface area contributed by atoms with E-state index in [1.54, 1.807) is 12.1 Å². The van der Waals surface area contributed by atoms with Crippen molar-refractivity contribution in [3.05, 3.63) is 72.8 Å². The summed E-state index contributed by atoms with van der Waals surface area (Å²) < 4.78 is 0. The van der Waals surface area contributed by atoms with Crippen molar-refractivity contribution < 1.29 is 5.11 Å². The second-order valence-electron chi connectivity index (χ2n) is 5.88. The van der Waals surface area contributed by atoms with Crippen LogP contribution in [0.3, 0.4) is 0 Å². The summed E-state index contributed by atoms with van der Waals surface area (Å²) in [6.07, 6.45) is 0. The topological polar surface area (TPSA) is 33.1 Å². The third-order valence-corrected chi connectivity index (χ3v) is 4.50. The normalized spacial score (nSPS) is 11.7. The predicted molar refractivity (Wildman–Crippen MR) is 95.9 cm³/mol. The second kappa shape index (κ2) is 4.43. The number of fused-ring (bicyclic) bond motifs is 6. The summed E-state index contributed by atoms with van der Waals surface area (Å²) in [4.78, 5) is 4.84. The molecule has 0 amide bonds. The molecular weight excluding hydrogens is 282 g/mol. The van der Waals surface area contributed by atoms with Gasteiger partial charge in [-0.15, -0.1) is 0 Å². The number of hydrogen-bond acceptors (Lipinski definition) is 2. The molecule has 0 atom stereocenters. The molecule has 0 radical (unpaired) electrons. The minimum absolute atomic E-state index is 0.288. The van der Waals surface area contributed by atoms with E-state index in [4.69, 9.17) is 4.98 Å². The number of rotatable bonds is 0. The second-order valence-corrected chi connectivity index (χ2v) is 5.88. The molecule has 23 heavy (non-hydrogen) atoms. The minimum atomic E-state index is 0.288. The van der Waals surface area contributed by atoms with Gasteiger partial charge < -0.3 is 5.11 Å². The van der Waals surface area contributed by atoms with Gasteiger partial charge in [0.15, 0.2) is 0 Å². The smallest absolute Gasteiger partial charge is 0.116 e. The quantitative estimate of drug-likeness (QED) is 0.306. The molecule has 1 heterocycles. The van der Waals surface area contributed by atoms with Crippen molar-refractivity contribution >= 4 is 43.4 Å². The Morgan fingerprint density at radius 2 is 1.26 bits per heavy atom. The van der Waals surface area contributed by atoms with Crippen molar-refractivity contribution in [2.45, 2.75) is 0 Å². The van der Waals surface area contributed by atoms with E-state index in [0.29, 0.717) is 0 Å². The molecule has 0 saturated carbocycles. The van der Waals surface area contributed by atoms with Gasteiger partial charge in [0.25, 0.3) is 0 Å². The lowest BCUT2D eigenvalue weighted by Gasteiger charge is -2.08. The molecule has 4 aromatic carbocycles. The van der Waals surface area contributed by atoms with Gasteiger partial charge in [0.2, 0.25) is 0 Å². The molecule has 5 rings (SSSR count). The van der Waals surface area contributed by atoms with E-state index in [9.17, 15) is 5.11 Å². The SMILES string of the molecule is Oc1ccc2c(ccc3nc4ccc5ccccc5c4cc32)c1. The number of phenols is 1. The third-order valence-electron chi connectivity index (χ3n) is 4.50. The number of nitrogens with zero attached hydrogens (tertiary/aromatic N) is 1. The molecule has 0 bridgehead atoms. The predicted octanol–water partition coefficient (Wildman–Crippen LogP) is 5.40. The Morgan fingerprint density at radius 3 is 2.09 bits per heavy atom. The first-order valence-electron chi connectivity index (χ1n) is 7.63. The monoisotopic (exact) mass is 295 g/mol. The van der Waals surface area contributed by atoms with Crippen LogP contribution in [0, 0.1) is 0 Å². The highest BCUT2D eigenvalue weighted by Gasteiger charge is 2.07. The zero-order valence-electron chi connectivity index (χ0n) is 12.3. The molecule has 1 N–H and O–H groups in total. The Bertz CT molecular complexity index is 1220. The number of aromatic hydroxyl groups is 1. The summed E-state index contributed by atoms with van der Waals surface area (Å²) in [5.41, 5.74) is 1.99. The van der Waals surface area contributed by atoms with Gasteiger partial charge in [-0.25, -0.2) is 4.98 Å². The third kappa shape index (κ3) is 1.78. The van der Waals surface area contributed by atoms with E-state index >= 15 is 0 Å². The number of pyridine rings is 1. The molecule has 0 aliphatic heterocycles. The Morgan fingerprint density at radius 1 is 0.565 bits per heavy atom. The first-order valence-corrected chi connectivity index (χ1v) is 7.63. The van der Waals surface area contributed by atoms with Crippen molar-refractivity contribution in [3.63, 3.8) is 0 Å². The standard InChI is InChI=1S/C21H13NO/c23-15-7-8-17-14(11-15)6-10-21-19(17)12-18-16-4-2-1-3-13(16)5-9-20(18)22-21/h1-12,23H. The Kier molecular flexibility index (Phi) is 2.39. The lowest BCUT2D eigenvalue weighted by atomic mass is 10.00. The number of aromatic nitrogens is 1. The van der Waals surface area contributed by atoms with Crippen molar-refractivity contribution in [1.82, 2.24) is 4.98 Å². The lowest BCUT2D eigenvalue weighted by molar-refractivity contribution is 0.476. The maximum atomic E-state index is 9.70. The molecule has 0 saturated heterocycles. The first kappa shape index (κ1) is 12.4. The Labute approximate surface area is 132 Å². The number of phenolic OH excluding ortho intramolecular Hbond substituents is 1. The summed E-state index contributed by atoms with van der Waals surface area (Å²) in [7, 11) is 0. The average Bonchev–Trinajstić information content (AvgIpc) is 2.59. The molecule has 2 nitrogen and oxygen atoms in total. The highest BCUT2D eigenvalue weighted by Crippen LogP contribution is 2.32. The molecule has 1 aromatic heterocycles. The molecule has 2 heteroatoms. The van der Waals surface area contributed by atoms with Gasteiger partial charge in [0, 0.05) is 10.8 Å². The zero-order valence-corrected chi connectivity index (χ0v) is 12.3. The van der Waals surface area contributed by atoms with Gasteiger partial charge >= 0.3 is 0 Å². The van der Waals surface area contributed by atoms with Crippen LogP contribution >= 0.6 is 0 Å². The Balaban J connectivity index is 2.02. The van der Waals surface area contributed by atoms with Crippen LogP contribution in [-0.4, -0.2) is 10.1 Å². The average molecular weight is 295 g/mol. The number of benzene rings is 4. The van der Waals surface area contributed by atoms with E-state index in [2.05, 4.69) is 42.5 Å². The van der Waals surface area contributed by atoms with E-state index in [0.717, 1.165) is 32.6 Å². The van der Waals surface area contributed by atoms with E-state index in [1.807, 2.05) is 18.2 Å². The van der Waals surface area contributed by atoms with Gasteiger partial charge in [-0.2, -0.15) is 0 Å². The number of hydrogen-bond donors (Lipinski definition) is 1. The molecule has 0 unspecified atom stereocenters. The van der Waals surface area contributed by atoms with Crippen LogP contribution < -0.4 is 0 Å². The summed E-state index contributed by atoms with van der Waals surface area (Å²) in [5, 5.41) is 16.6. The molecule has 108 valence electrons. The van der Waals surface area contributed by atoms with Crippen molar-refractivity contribution in [3.8, 4) is 5.75 Å². The van der Waals surface area contributed by atoms with E-state index in [-0.39, 0.29) is 5.75 Å². The molecule has 0 fully saturated rings. The van der Waals surface area contributed by atoms with Crippen LogP contribution in [0.2, 0.25) is 0 Å². The maximum absolute atomic E-state index is 9.70. The van der Waals surface area contributed by atoms with Crippen LogP contribution in [0.25, 0.3) is 43.4 Å². The van der Waals surface area contributed by atoms with Crippen molar-refractivity contribution in [2.24, 2.45) is 0 Å². The van der Waals surface area contributed by atoms with E-state index < -0.39 is 0 Å². The largest absolute Gasteiger partial charge is 0.508 e. The van der Waals surface area contributed by atoms with Crippen LogP contribution in [0.4, 0.5) is 0 Å². The van der Waals surface area contributed by atoms with Crippen LogP contribution in [-0.2, 0) is 0 Å². The maximum Gasteiger partial charge on any atom is 0.116 e. The molecule has 5 aromatic rings. The summed E-state index contributed by atoms with van der Waals surface area (Å²) in [6, 6.07) is 24.3. The van der Waals surface area contributed by atoms with Crippen molar-refractivity contribution in [1.29, 1.82) is 0 Å². The van der Waals surface area contributed by atoms with Gasteiger partial charge in [0.1, 0.15) is 5.75 Å².